The average molecular weight is 418 g/mol. The molecule has 2 aliphatic rings. The molecular formula is C25H26N2O4. The Hall–Kier alpha value is -3.41. The van der Waals surface area contributed by atoms with Gasteiger partial charge in [0.05, 0.1) is 23.4 Å². The molecule has 31 heavy (non-hydrogen) atoms. The maximum Gasteiger partial charge on any atom is 0.338 e. The Morgan fingerprint density at radius 2 is 1.61 bits per heavy atom. The van der Waals surface area contributed by atoms with Gasteiger partial charge in [0.1, 0.15) is 5.70 Å². The van der Waals surface area contributed by atoms with Gasteiger partial charge >= 0.3 is 5.97 Å². The van der Waals surface area contributed by atoms with Crippen molar-refractivity contribution < 1.29 is 19.1 Å². The molecule has 0 atom stereocenters. The molecule has 1 fully saturated rings. The molecule has 2 aromatic carbocycles. The molecule has 2 heterocycles. The highest BCUT2D eigenvalue weighted by molar-refractivity contribution is 6.45. The van der Waals surface area contributed by atoms with Crippen LogP contribution in [-0.4, -0.2) is 42.4 Å². The molecule has 2 aliphatic heterocycles. The van der Waals surface area contributed by atoms with Crippen LogP contribution in [0.3, 0.4) is 0 Å². The number of hydrogen-bond acceptors (Lipinski definition) is 5. The molecule has 6 heteroatoms. The third-order valence-corrected chi connectivity index (χ3v) is 5.64. The number of nitrogens with zero attached hydrogens (tertiary/aromatic N) is 2. The number of carbonyl (C=O) groups excluding carboxylic acids is 3. The van der Waals surface area contributed by atoms with Gasteiger partial charge in [-0.25, -0.2) is 9.69 Å². The van der Waals surface area contributed by atoms with E-state index >= 15 is 0 Å². The largest absolute Gasteiger partial charge is 0.462 e. The molecule has 2 amide bonds. The second kappa shape index (κ2) is 9.16. The maximum absolute atomic E-state index is 13.4. The van der Waals surface area contributed by atoms with Crippen LogP contribution < -0.4 is 4.90 Å². The fraction of sp³-hybridized carbons (Fsp3) is 0.320. The zero-order valence-corrected chi connectivity index (χ0v) is 17.7. The van der Waals surface area contributed by atoms with Crippen molar-refractivity contribution in [2.75, 3.05) is 24.6 Å². The van der Waals surface area contributed by atoms with Crippen LogP contribution in [0.4, 0.5) is 5.69 Å². The number of hydrogen-bond donors (Lipinski definition) is 0. The lowest BCUT2D eigenvalue weighted by Crippen LogP contribution is -2.34. The summed E-state index contributed by atoms with van der Waals surface area (Å²) in [4.78, 5) is 42.2. The van der Waals surface area contributed by atoms with Crippen molar-refractivity contribution in [1.29, 1.82) is 0 Å². The molecule has 4 rings (SSSR count). The highest BCUT2D eigenvalue weighted by Gasteiger charge is 2.42. The fourth-order valence-corrected chi connectivity index (χ4v) is 3.99. The highest BCUT2D eigenvalue weighted by Crippen LogP contribution is 2.36. The van der Waals surface area contributed by atoms with Crippen LogP contribution >= 0.6 is 0 Å². The minimum Gasteiger partial charge on any atom is -0.462 e. The first-order valence-electron chi connectivity index (χ1n) is 10.8. The third kappa shape index (κ3) is 4.10. The summed E-state index contributed by atoms with van der Waals surface area (Å²) in [5.41, 5.74) is 2.49. The second-order valence-electron chi connectivity index (χ2n) is 7.77. The molecule has 0 aliphatic carbocycles. The van der Waals surface area contributed by atoms with Gasteiger partial charge in [-0.05, 0) is 49.1 Å². The Labute approximate surface area is 182 Å². The van der Waals surface area contributed by atoms with E-state index in [0.29, 0.717) is 29.1 Å². The number of amides is 2. The minimum absolute atomic E-state index is 0.316. The molecule has 1 saturated heterocycles. The monoisotopic (exact) mass is 418 g/mol. The number of likely N-dealkylation sites (tertiary alicyclic amines) is 1. The van der Waals surface area contributed by atoms with E-state index in [-0.39, 0.29) is 11.8 Å². The molecule has 160 valence electrons. The summed E-state index contributed by atoms with van der Waals surface area (Å²) in [5, 5.41) is 0. The van der Waals surface area contributed by atoms with Crippen molar-refractivity contribution >= 4 is 29.0 Å². The summed E-state index contributed by atoms with van der Waals surface area (Å²) in [6.45, 7) is 3.94. The topological polar surface area (TPSA) is 66.9 Å². The maximum atomic E-state index is 13.4. The van der Waals surface area contributed by atoms with Crippen LogP contribution in [0.5, 0.6) is 0 Å². The molecule has 0 radical (unpaired) electrons. The Balaban J connectivity index is 1.62. The first-order chi connectivity index (χ1) is 15.1. The number of rotatable bonds is 7. The quantitative estimate of drug-likeness (QED) is 0.386. The van der Waals surface area contributed by atoms with Gasteiger partial charge in [0, 0.05) is 13.1 Å². The highest BCUT2D eigenvalue weighted by atomic mass is 16.5. The summed E-state index contributed by atoms with van der Waals surface area (Å²) in [5.74, 6) is -1.06. The number of unbranched alkanes of at least 4 members (excludes halogenated alkanes) is 1. The smallest absolute Gasteiger partial charge is 0.338 e. The molecule has 0 aromatic heterocycles. The first kappa shape index (κ1) is 20.8. The Morgan fingerprint density at radius 1 is 0.935 bits per heavy atom. The number of esters is 1. The second-order valence-corrected chi connectivity index (χ2v) is 7.77. The van der Waals surface area contributed by atoms with E-state index in [9.17, 15) is 14.4 Å². The van der Waals surface area contributed by atoms with Gasteiger partial charge in [-0.2, -0.15) is 0 Å². The van der Waals surface area contributed by atoms with E-state index in [1.54, 1.807) is 24.3 Å². The standard InChI is InChI=1S/C25H26N2O4/c1-2-3-17-31-25(30)19-11-13-20(14-12-19)27-23(28)21(18-9-5-4-6-10-18)22(24(27)29)26-15-7-8-16-26/h4-6,9-14H,2-3,7-8,15-17H2,1H3. The van der Waals surface area contributed by atoms with Gasteiger partial charge in [0.25, 0.3) is 11.8 Å². The van der Waals surface area contributed by atoms with E-state index in [1.807, 2.05) is 42.2 Å². The van der Waals surface area contributed by atoms with E-state index in [0.717, 1.165) is 44.3 Å². The van der Waals surface area contributed by atoms with Crippen molar-refractivity contribution in [3.63, 3.8) is 0 Å². The zero-order valence-electron chi connectivity index (χ0n) is 17.7. The van der Waals surface area contributed by atoms with Gasteiger partial charge in [-0.3, -0.25) is 9.59 Å². The van der Waals surface area contributed by atoms with E-state index in [2.05, 4.69) is 0 Å². The number of carbonyl (C=O) groups is 3. The van der Waals surface area contributed by atoms with E-state index in [4.69, 9.17) is 4.74 Å². The summed E-state index contributed by atoms with van der Waals surface area (Å²) in [6, 6.07) is 15.8. The average Bonchev–Trinajstić information content (AvgIpc) is 3.40. The summed E-state index contributed by atoms with van der Waals surface area (Å²) >= 11 is 0. The molecule has 2 aromatic rings. The van der Waals surface area contributed by atoms with Crippen LogP contribution in [0.2, 0.25) is 0 Å². The van der Waals surface area contributed by atoms with Crippen LogP contribution in [0.25, 0.3) is 5.57 Å². The predicted molar refractivity (Wildman–Crippen MR) is 118 cm³/mol. The van der Waals surface area contributed by atoms with E-state index < -0.39 is 5.97 Å². The lowest BCUT2D eigenvalue weighted by molar-refractivity contribution is -0.120. The summed E-state index contributed by atoms with van der Waals surface area (Å²) in [6.07, 6.45) is 3.76. The number of anilines is 1. The first-order valence-corrected chi connectivity index (χ1v) is 10.8. The lowest BCUT2D eigenvalue weighted by Gasteiger charge is -2.20. The number of ether oxygens (including phenoxy) is 1. The fourth-order valence-electron chi connectivity index (χ4n) is 3.99. The molecule has 0 saturated carbocycles. The number of imide groups is 1. The van der Waals surface area contributed by atoms with E-state index in [1.165, 1.54) is 4.90 Å². The molecule has 0 unspecified atom stereocenters. The van der Waals surface area contributed by atoms with Crippen molar-refractivity contribution in [2.45, 2.75) is 32.6 Å². The van der Waals surface area contributed by atoms with Crippen molar-refractivity contribution in [3.8, 4) is 0 Å². The van der Waals surface area contributed by atoms with Crippen molar-refractivity contribution in [2.24, 2.45) is 0 Å². The minimum atomic E-state index is -0.403. The normalized spacial score (nSPS) is 16.4. The Kier molecular flexibility index (Phi) is 6.16. The van der Waals surface area contributed by atoms with Crippen molar-refractivity contribution in [3.05, 3.63) is 71.4 Å². The van der Waals surface area contributed by atoms with Crippen LogP contribution in [-0.2, 0) is 14.3 Å². The zero-order chi connectivity index (χ0) is 21.8. The van der Waals surface area contributed by atoms with Crippen LogP contribution in [0.15, 0.2) is 60.3 Å². The van der Waals surface area contributed by atoms with Gasteiger partial charge < -0.3 is 9.64 Å². The molecule has 0 bridgehead atoms. The van der Waals surface area contributed by atoms with Gasteiger partial charge in [0.15, 0.2) is 0 Å². The molecule has 0 spiro atoms. The van der Waals surface area contributed by atoms with Gasteiger partial charge in [-0.15, -0.1) is 0 Å². The molecular weight excluding hydrogens is 392 g/mol. The third-order valence-electron chi connectivity index (χ3n) is 5.64. The lowest BCUT2D eigenvalue weighted by atomic mass is 10.0. The van der Waals surface area contributed by atoms with Gasteiger partial charge in [-0.1, -0.05) is 43.7 Å². The Bertz CT molecular complexity index is 1010. The summed E-state index contributed by atoms with van der Waals surface area (Å²) in [7, 11) is 0. The number of benzene rings is 2. The summed E-state index contributed by atoms with van der Waals surface area (Å²) < 4.78 is 5.23. The van der Waals surface area contributed by atoms with Crippen molar-refractivity contribution in [1.82, 2.24) is 4.90 Å². The SMILES string of the molecule is CCCCOC(=O)c1ccc(N2C(=O)C(c3ccccc3)=C(N3CCCC3)C2=O)cc1. The Morgan fingerprint density at radius 3 is 2.26 bits per heavy atom. The van der Waals surface area contributed by atoms with Crippen LogP contribution in [0.1, 0.15) is 48.5 Å². The molecule has 6 nitrogen and oxygen atoms in total. The predicted octanol–water partition coefficient (Wildman–Crippen LogP) is 4.02. The van der Waals surface area contributed by atoms with Gasteiger partial charge in [0.2, 0.25) is 0 Å². The molecule has 0 N–H and O–H groups in total. The van der Waals surface area contributed by atoms with Crippen LogP contribution in [0, 0.1) is 0 Å².